The number of phenolic OH excluding ortho intramolecular Hbond substituents is 1. The number of nitrogens with zero attached hydrogens (tertiary/aromatic N) is 3. The van der Waals surface area contributed by atoms with E-state index in [0.717, 1.165) is 109 Å². The van der Waals surface area contributed by atoms with Gasteiger partial charge in [-0.25, -0.2) is 38.9 Å². The van der Waals surface area contributed by atoms with Crippen molar-refractivity contribution in [2.75, 3.05) is 39.6 Å². The van der Waals surface area contributed by atoms with E-state index in [1.807, 2.05) is 0 Å². The monoisotopic (exact) mass is 1230 g/mol. The number of phenols is 1. The van der Waals surface area contributed by atoms with Crippen LogP contribution in [0.3, 0.4) is 0 Å². The molecule has 0 saturated carbocycles. The smallest absolute Gasteiger partial charge is 0.347 e. The first kappa shape index (κ1) is 73.0. The number of hydrogen-bond donors (Lipinski definition) is 2. The van der Waals surface area contributed by atoms with Gasteiger partial charge in [-0.2, -0.15) is 0 Å². The summed E-state index contributed by atoms with van der Waals surface area (Å²) >= 11 is 0. The number of ether oxygens (including phenoxy) is 10. The minimum absolute atomic E-state index is 0.0327. The predicted molar refractivity (Wildman–Crippen MR) is 334 cm³/mol. The van der Waals surface area contributed by atoms with Crippen molar-refractivity contribution in [1.82, 2.24) is 15.0 Å². The molecule has 0 radical (unpaired) electrons. The van der Waals surface area contributed by atoms with Gasteiger partial charge in [0, 0.05) is 23.8 Å². The lowest BCUT2D eigenvalue weighted by atomic mass is 10.1. The van der Waals surface area contributed by atoms with Crippen molar-refractivity contribution < 1.29 is 81.6 Å². The van der Waals surface area contributed by atoms with Gasteiger partial charge >= 0.3 is 29.8 Å². The van der Waals surface area contributed by atoms with Crippen molar-refractivity contribution in [3.63, 3.8) is 0 Å². The number of esters is 5. The topological polar surface area (TPSA) is 257 Å². The van der Waals surface area contributed by atoms with E-state index in [9.17, 15) is 34.2 Å². The summed E-state index contributed by atoms with van der Waals surface area (Å²) in [6.07, 6.45) is 13.7. The number of aliphatic hydroxyl groups excluding tert-OH is 1. The zero-order valence-corrected chi connectivity index (χ0v) is 53.5. The molecule has 88 heavy (non-hydrogen) atoms. The number of carbonyl (C=O) groups is 5. The molecule has 5 unspecified atom stereocenters. The first-order chi connectivity index (χ1) is 42.4. The van der Waals surface area contributed by atoms with Crippen LogP contribution in [0.25, 0.3) is 34.2 Å². The molecular formula is C68H97N3O17. The lowest BCUT2D eigenvalue weighted by Gasteiger charge is -2.20. The first-order valence-corrected chi connectivity index (χ1v) is 31.7. The van der Waals surface area contributed by atoms with E-state index in [0.29, 0.717) is 19.3 Å². The number of rotatable bonds is 45. The molecule has 1 heterocycles. The second kappa shape index (κ2) is 40.9. The molecule has 0 bridgehead atoms. The molecule has 3 aromatic carbocycles. The Kier molecular flexibility index (Phi) is 33.9. The van der Waals surface area contributed by atoms with Crippen molar-refractivity contribution >= 4 is 29.8 Å². The van der Waals surface area contributed by atoms with Crippen molar-refractivity contribution in [2.24, 2.45) is 0 Å². The predicted octanol–water partition coefficient (Wildman–Crippen LogP) is 13.6. The molecule has 0 saturated heterocycles. The average molecular weight is 1230 g/mol. The van der Waals surface area contributed by atoms with Crippen LogP contribution < -0.4 is 23.7 Å². The quantitative estimate of drug-likeness (QED) is 0.0180. The van der Waals surface area contributed by atoms with Crippen LogP contribution in [0.1, 0.15) is 191 Å². The first-order valence-electron chi connectivity index (χ1n) is 31.7. The molecule has 0 spiro atoms. The normalized spacial score (nSPS) is 12.8. The third-order valence-electron chi connectivity index (χ3n) is 14.0. The maximum Gasteiger partial charge on any atom is 0.347 e. The molecule has 2 N–H and O–H groups in total. The van der Waals surface area contributed by atoms with Crippen LogP contribution in [0.15, 0.2) is 66.7 Å². The number of aromatic hydroxyl groups is 1. The summed E-state index contributed by atoms with van der Waals surface area (Å²) in [5.41, 5.74) is 0.614. The number of carbonyl (C=O) groups excluding carboxylic acids is 5. The van der Waals surface area contributed by atoms with Crippen LogP contribution in [0.5, 0.6) is 34.5 Å². The Hall–Kier alpha value is -7.48. The van der Waals surface area contributed by atoms with Crippen molar-refractivity contribution in [3.8, 4) is 68.7 Å². The summed E-state index contributed by atoms with van der Waals surface area (Å²) in [7, 11) is 0. The van der Waals surface area contributed by atoms with E-state index in [2.05, 4.69) is 34.3 Å². The van der Waals surface area contributed by atoms with Crippen molar-refractivity contribution in [3.05, 3.63) is 66.7 Å². The summed E-state index contributed by atoms with van der Waals surface area (Å²) in [6, 6.07) is 13.6. The van der Waals surface area contributed by atoms with Gasteiger partial charge in [-0.05, 0) is 96.7 Å². The molecule has 20 nitrogen and oxygen atoms in total. The Morgan fingerprint density at radius 2 is 0.761 bits per heavy atom. The van der Waals surface area contributed by atoms with Crippen molar-refractivity contribution in [1.29, 1.82) is 0 Å². The Bertz CT molecular complexity index is 2790. The van der Waals surface area contributed by atoms with Crippen LogP contribution >= 0.6 is 0 Å². The lowest BCUT2D eigenvalue weighted by Crippen LogP contribution is -2.27. The van der Waals surface area contributed by atoms with Gasteiger partial charge < -0.3 is 57.6 Å². The lowest BCUT2D eigenvalue weighted by molar-refractivity contribution is -0.152. The minimum Gasteiger partial charge on any atom is -0.507 e. The molecule has 0 amide bonds. The van der Waals surface area contributed by atoms with Gasteiger partial charge in [0.2, 0.25) is 0 Å². The van der Waals surface area contributed by atoms with Gasteiger partial charge in [0.15, 0.2) is 41.9 Å². The fourth-order valence-corrected chi connectivity index (χ4v) is 8.76. The van der Waals surface area contributed by atoms with Gasteiger partial charge in [0.1, 0.15) is 53.8 Å². The Balaban J connectivity index is 1.87. The van der Waals surface area contributed by atoms with E-state index in [4.69, 9.17) is 62.3 Å². The van der Waals surface area contributed by atoms with E-state index >= 15 is 0 Å². The van der Waals surface area contributed by atoms with Crippen LogP contribution in [0.4, 0.5) is 0 Å². The number of unbranched alkanes of at least 4 members (excludes halogenated alkanes) is 16. The fourth-order valence-electron chi connectivity index (χ4n) is 8.76. The summed E-state index contributed by atoms with van der Waals surface area (Å²) in [5, 5.41) is 22.9. The SMILES string of the molecule is C=C(C)C(=O)OCC(O)COc1cc(OC(C)C(=O)OCCCCCCC)ccc1-c1nc(-c2ccc(OC(C)C(=O)OCCCCCCC)cc2O)nc(-c2ccc(OC(C)C(=O)OCCCCCCC)cc2OC(C)C(=O)OCCCCCCC)n1. The van der Waals surface area contributed by atoms with Gasteiger partial charge in [-0.3, -0.25) is 0 Å². The van der Waals surface area contributed by atoms with Gasteiger partial charge in [-0.1, -0.05) is 137 Å². The molecule has 0 fully saturated rings. The minimum atomic E-state index is -1.34. The standard InChI is InChI=1S/C68H97N3O17/c1-11-15-19-23-27-37-79-65(75)47(7)85-52-31-34-55(58(73)41-52)61-69-62(56-35-32-53(86-48(8)66(76)80-38-28-24-20-16-12-2)42-59(56)83-44-51(72)45-84-64(74)46(5)6)71-63(70-61)57-36-33-54(87-49(9)67(77)81-39-29-25-21-17-13-3)43-60(57)88-50(10)68(78)82-40-30-26-22-18-14-4/h31-36,41-43,47-51,72-73H,5,11-30,37-40,44-45H2,1-4,6-10H3. The second-order valence-corrected chi connectivity index (χ2v) is 22.0. The van der Waals surface area contributed by atoms with Gasteiger partial charge in [0.25, 0.3) is 0 Å². The Morgan fingerprint density at radius 3 is 1.14 bits per heavy atom. The molecule has 486 valence electrons. The number of benzene rings is 3. The van der Waals surface area contributed by atoms with Crippen LogP contribution in [-0.4, -0.2) is 125 Å². The molecule has 20 heteroatoms. The van der Waals surface area contributed by atoms with Gasteiger partial charge in [-0.15, -0.1) is 0 Å². The van der Waals surface area contributed by atoms with Crippen LogP contribution in [0.2, 0.25) is 0 Å². The molecule has 0 aliphatic heterocycles. The summed E-state index contributed by atoms with van der Waals surface area (Å²) in [5.74, 6) is -3.04. The van der Waals surface area contributed by atoms with E-state index in [1.165, 1.54) is 44.2 Å². The Morgan fingerprint density at radius 1 is 0.432 bits per heavy atom. The highest BCUT2D eigenvalue weighted by molar-refractivity contribution is 5.87. The fraction of sp³-hybridized carbons (Fsp3) is 0.588. The van der Waals surface area contributed by atoms with Gasteiger partial charge in [0.05, 0.1) is 43.1 Å². The highest BCUT2D eigenvalue weighted by Crippen LogP contribution is 2.39. The number of aliphatic hydroxyl groups is 1. The zero-order valence-electron chi connectivity index (χ0n) is 53.5. The van der Waals surface area contributed by atoms with Crippen molar-refractivity contribution in [2.45, 2.75) is 221 Å². The molecule has 5 atom stereocenters. The zero-order chi connectivity index (χ0) is 64.2. The second-order valence-electron chi connectivity index (χ2n) is 22.0. The van der Waals surface area contributed by atoms with Crippen LogP contribution in [0, 0.1) is 0 Å². The number of aromatic nitrogens is 3. The largest absolute Gasteiger partial charge is 0.507 e. The molecule has 4 aromatic rings. The maximum absolute atomic E-state index is 13.6. The summed E-state index contributed by atoms with van der Waals surface area (Å²) in [6.45, 7) is 19.8. The molecule has 0 aliphatic carbocycles. The number of hydrogen-bond acceptors (Lipinski definition) is 20. The highest BCUT2D eigenvalue weighted by atomic mass is 16.6. The third-order valence-corrected chi connectivity index (χ3v) is 14.0. The molecule has 4 rings (SSSR count). The van der Waals surface area contributed by atoms with E-state index in [-0.39, 0.29) is 101 Å². The van der Waals surface area contributed by atoms with Crippen LogP contribution in [-0.2, 0) is 47.7 Å². The highest BCUT2D eigenvalue weighted by Gasteiger charge is 2.27. The summed E-state index contributed by atoms with van der Waals surface area (Å²) < 4.78 is 58.3. The molecule has 0 aliphatic rings. The molecular weight excluding hydrogens is 1130 g/mol. The van der Waals surface area contributed by atoms with E-state index < -0.39 is 73.6 Å². The summed E-state index contributed by atoms with van der Waals surface area (Å²) in [4.78, 5) is 79.8. The average Bonchev–Trinajstić information content (AvgIpc) is 1.45. The Labute approximate surface area is 520 Å². The third kappa shape index (κ3) is 26.5. The van der Waals surface area contributed by atoms with E-state index in [1.54, 1.807) is 45.0 Å². The maximum atomic E-state index is 13.6. The molecule has 1 aromatic heterocycles.